The van der Waals surface area contributed by atoms with Gasteiger partial charge in [-0.2, -0.15) is 0 Å². The van der Waals surface area contributed by atoms with Gasteiger partial charge in [0.15, 0.2) is 5.60 Å². The zero-order valence-corrected chi connectivity index (χ0v) is 14.9. The summed E-state index contributed by atoms with van der Waals surface area (Å²) in [7, 11) is 0. The van der Waals surface area contributed by atoms with Gasteiger partial charge in [-0.05, 0) is 44.9 Å². The lowest BCUT2D eigenvalue weighted by Crippen LogP contribution is -2.55. The molecule has 0 atom stereocenters. The van der Waals surface area contributed by atoms with Crippen LogP contribution in [0.1, 0.15) is 39.5 Å². The van der Waals surface area contributed by atoms with Gasteiger partial charge < -0.3 is 9.64 Å². The van der Waals surface area contributed by atoms with E-state index in [1.54, 1.807) is 32.0 Å². The topological polar surface area (TPSA) is 49.9 Å². The van der Waals surface area contributed by atoms with Gasteiger partial charge in [-0.25, -0.2) is 0 Å². The van der Waals surface area contributed by atoms with Gasteiger partial charge in [0.05, 0.1) is 5.69 Å². The number of carbonyl (C=O) groups is 2. The Morgan fingerprint density at radius 1 is 1.21 bits per heavy atom. The van der Waals surface area contributed by atoms with Crippen LogP contribution in [0, 0.1) is 0 Å². The molecule has 0 aliphatic carbocycles. The molecular formula is C18H23ClN2O3. The van der Waals surface area contributed by atoms with Gasteiger partial charge >= 0.3 is 0 Å². The molecule has 2 aliphatic rings. The Labute approximate surface area is 147 Å². The molecule has 1 saturated heterocycles. The van der Waals surface area contributed by atoms with E-state index in [1.165, 1.54) is 4.90 Å². The molecule has 0 saturated carbocycles. The fourth-order valence-corrected chi connectivity index (χ4v) is 3.42. The molecule has 0 spiro atoms. The zero-order valence-electron chi connectivity index (χ0n) is 14.2. The van der Waals surface area contributed by atoms with Crippen LogP contribution in [0.5, 0.6) is 5.75 Å². The minimum absolute atomic E-state index is 0.0196. The van der Waals surface area contributed by atoms with Crippen LogP contribution in [-0.2, 0) is 9.59 Å². The molecule has 0 unspecified atom stereocenters. The van der Waals surface area contributed by atoms with E-state index in [1.807, 2.05) is 4.90 Å². The average Bonchev–Trinajstić information content (AvgIpc) is 2.81. The van der Waals surface area contributed by atoms with E-state index in [-0.39, 0.29) is 18.4 Å². The van der Waals surface area contributed by atoms with Crippen LogP contribution >= 0.6 is 11.6 Å². The van der Waals surface area contributed by atoms with Crippen molar-refractivity contribution in [3.05, 3.63) is 23.2 Å². The van der Waals surface area contributed by atoms with Gasteiger partial charge in [0, 0.05) is 18.1 Å². The molecule has 2 aliphatic heterocycles. The second kappa shape index (κ2) is 6.63. The van der Waals surface area contributed by atoms with Crippen molar-refractivity contribution in [3.8, 4) is 5.75 Å². The fourth-order valence-electron chi connectivity index (χ4n) is 3.25. The first-order chi connectivity index (χ1) is 11.4. The number of benzene rings is 1. The summed E-state index contributed by atoms with van der Waals surface area (Å²) < 4.78 is 5.79. The molecule has 6 heteroatoms. The summed E-state index contributed by atoms with van der Waals surface area (Å²) in [6, 6.07) is 5.15. The molecule has 3 rings (SSSR count). The molecule has 0 radical (unpaired) electrons. The number of ether oxygens (including phenoxy) is 1. The van der Waals surface area contributed by atoms with Gasteiger partial charge in [-0.1, -0.05) is 24.4 Å². The highest BCUT2D eigenvalue weighted by Crippen LogP contribution is 2.39. The Morgan fingerprint density at radius 2 is 1.88 bits per heavy atom. The largest absolute Gasteiger partial charge is 0.476 e. The molecule has 130 valence electrons. The number of nitrogens with zero attached hydrogens (tertiary/aromatic N) is 2. The number of hydrogen-bond acceptors (Lipinski definition) is 3. The summed E-state index contributed by atoms with van der Waals surface area (Å²) in [5, 5.41) is 0.511. The Hall–Kier alpha value is -1.75. The van der Waals surface area contributed by atoms with E-state index in [2.05, 4.69) is 0 Å². The first-order valence-electron chi connectivity index (χ1n) is 8.47. The maximum Gasteiger partial charge on any atom is 0.271 e. The number of fused-ring (bicyclic) bond motifs is 1. The average molecular weight is 351 g/mol. The fraction of sp³-hybridized carbons (Fsp3) is 0.556. The second-order valence-electron chi connectivity index (χ2n) is 6.91. The van der Waals surface area contributed by atoms with Crippen LogP contribution in [-0.4, -0.2) is 41.9 Å². The quantitative estimate of drug-likeness (QED) is 0.822. The van der Waals surface area contributed by atoms with Gasteiger partial charge in [0.25, 0.3) is 5.91 Å². The van der Waals surface area contributed by atoms with Crippen molar-refractivity contribution in [2.45, 2.75) is 45.1 Å². The summed E-state index contributed by atoms with van der Waals surface area (Å²) in [5.41, 5.74) is -0.435. The maximum absolute atomic E-state index is 12.8. The van der Waals surface area contributed by atoms with Crippen LogP contribution in [0.3, 0.4) is 0 Å². The second-order valence-corrected chi connectivity index (χ2v) is 7.35. The van der Waals surface area contributed by atoms with Crippen molar-refractivity contribution in [1.82, 2.24) is 4.90 Å². The minimum Gasteiger partial charge on any atom is -0.476 e. The third-order valence-corrected chi connectivity index (χ3v) is 4.82. The van der Waals surface area contributed by atoms with Crippen LogP contribution in [0.25, 0.3) is 0 Å². The predicted molar refractivity (Wildman–Crippen MR) is 93.6 cm³/mol. The van der Waals surface area contributed by atoms with E-state index in [0.717, 1.165) is 38.8 Å². The monoisotopic (exact) mass is 350 g/mol. The van der Waals surface area contributed by atoms with E-state index >= 15 is 0 Å². The number of halogens is 1. The number of anilines is 1. The van der Waals surface area contributed by atoms with Crippen LogP contribution in [0.15, 0.2) is 18.2 Å². The summed E-state index contributed by atoms with van der Waals surface area (Å²) in [5.74, 6) is 0.335. The first kappa shape index (κ1) is 17.1. The van der Waals surface area contributed by atoms with Crippen molar-refractivity contribution in [3.63, 3.8) is 0 Å². The van der Waals surface area contributed by atoms with E-state index in [4.69, 9.17) is 16.3 Å². The van der Waals surface area contributed by atoms with E-state index in [9.17, 15) is 9.59 Å². The van der Waals surface area contributed by atoms with Crippen LogP contribution in [0.2, 0.25) is 5.02 Å². The normalized spacial score (nSPS) is 20.2. The Morgan fingerprint density at radius 3 is 2.54 bits per heavy atom. The molecule has 5 nitrogen and oxygen atoms in total. The standard InChI is InChI=1S/C18H23ClN2O3/c1-18(2)17(23)21(14-11-13(19)7-8-15(14)24-18)12-16(22)20-9-5-3-4-6-10-20/h7-8,11H,3-6,9-10,12H2,1-2H3. The Balaban J connectivity index is 1.86. The Kier molecular flexibility index (Phi) is 4.72. The number of rotatable bonds is 2. The highest BCUT2D eigenvalue weighted by atomic mass is 35.5. The van der Waals surface area contributed by atoms with Gasteiger partial charge in [0.2, 0.25) is 5.91 Å². The van der Waals surface area contributed by atoms with Crippen LogP contribution in [0.4, 0.5) is 5.69 Å². The summed E-state index contributed by atoms with van der Waals surface area (Å²) in [4.78, 5) is 28.9. The number of hydrogen-bond donors (Lipinski definition) is 0. The van der Waals surface area contributed by atoms with E-state index < -0.39 is 5.60 Å². The lowest BCUT2D eigenvalue weighted by Gasteiger charge is -2.39. The van der Waals surface area contributed by atoms with Crippen molar-refractivity contribution in [2.75, 3.05) is 24.5 Å². The van der Waals surface area contributed by atoms with Gasteiger partial charge in [-0.3, -0.25) is 14.5 Å². The molecular weight excluding hydrogens is 328 g/mol. The Bertz CT molecular complexity index is 652. The first-order valence-corrected chi connectivity index (χ1v) is 8.84. The van der Waals surface area contributed by atoms with Gasteiger partial charge in [-0.15, -0.1) is 0 Å². The highest BCUT2D eigenvalue weighted by Gasteiger charge is 2.42. The molecule has 24 heavy (non-hydrogen) atoms. The highest BCUT2D eigenvalue weighted by molar-refractivity contribution is 6.31. The molecule has 0 bridgehead atoms. The number of likely N-dealkylation sites (tertiary alicyclic amines) is 1. The zero-order chi connectivity index (χ0) is 17.3. The summed E-state index contributed by atoms with van der Waals surface area (Å²) in [6.07, 6.45) is 4.37. The molecule has 1 aromatic rings. The van der Waals surface area contributed by atoms with Gasteiger partial charge in [0.1, 0.15) is 12.3 Å². The molecule has 0 N–H and O–H groups in total. The molecule has 0 aromatic heterocycles. The van der Waals surface area contributed by atoms with Crippen molar-refractivity contribution < 1.29 is 14.3 Å². The van der Waals surface area contributed by atoms with Crippen molar-refractivity contribution in [1.29, 1.82) is 0 Å². The molecule has 2 heterocycles. The SMILES string of the molecule is CC1(C)Oc2ccc(Cl)cc2N(CC(=O)N2CCCCCC2)C1=O. The third-order valence-electron chi connectivity index (χ3n) is 4.59. The molecule has 2 amide bonds. The number of amides is 2. The number of carbonyl (C=O) groups excluding carboxylic acids is 2. The van der Waals surface area contributed by atoms with Crippen molar-refractivity contribution >= 4 is 29.1 Å². The van der Waals surface area contributed by atoms with E-state index in [0.29, 0.717) is 16.5 Å². The summed E-state index contributed by atoms with van der Waals surface area (Å²) >= 11 is 6.08. The lowest BCUT2D eigenvalue weighted by molar-refractivity contribution is -0.136. The third kappa shape index (κ3) is 3.36. The lowest BCUT2D eigenvalue weighted by atomic mass is 10.0. The van der Waals surface area contributed by atoms with Crippen molar-refractivity contribution in [2.24, 2.45) is 0 Å². The predicted octanol–water partition coefficient (Wildman–Crippen LogP) is 3.25. The summed E-state index contributed by atoms with van der Waals surface area (Å²) in [6.45, 7) is 5.00. The molecule has 1 fully saturated rings. The molecule has 1 aromatic carbocycles. The van der Waals surface area contributed by atoms with Crippen LogP contribution < -0.4 is 9.64 Å². The smallest absolute Gasteiger partial charge is 0.271 e. The maximum atomic E-state index is 12.8. The minimum atomic E-state index is -1.00.